The second-order valence-corrected chi connectivity index (χ2v) is 3.81. The number of halogens is 1. The van der Waals surface area contributed by atoms with E-state index in [1.165, 1.54) is 0 Å². The molecule has 0 saturated carbocycles. The van der Waals surface area contributed by atoms with Gasteiger partial charge in [-0.15, -0.1) is 0 Å². The standard InChI is InChI=1S/C15H9ClO/c16-15(17)14-10-8-13(9-11-14)7-6-12-4-2-1-3-5-12/h1-5,8-11H. The Labute approximate surface area is 105 Å². The lowest BCUT2D eigenvalue weighted by atomic mass is 10.1. The molecule has 0 N–H and O–H groups in total. The Hall–Kier alpha value is -2.04. The molecule has 0 aromatic heterocycles. The predicted octanol–water partition coefficient (Wildman–Crippen LogP) is 3.47. The Morgan fingerprint density at radius 1 is 0.824 bits per heavy atom. The normalized spacial score (nSPS) is 9.24. The molecule has 0 spiro atoms. The molecule has 82 valence electrons. The average Bonchev–Trinajstić information content (AvgIpc) is 2.38. The first kappa shape index (κ1) is 11.4. The summed E-state index contributed by atoms with van der Waals surface area (Å²) < 4.78 is 0. The third-order valence-corrected chi connectivity index (χ3v) is 2.46. The number of hydrogen-bond acceptors (Lipinski definition) is 1. The first-order valence-corrected chi connectivity index (χ1v) is 5.50. The second kappa shape index (κ2) is 5.34. The average molecular weight is 241 g/mol. The van der Waals surface area contributed by atoms with Gasteiger partial charge in [0, 0.05) is 16.7 Å². The highest BCUT2D eigenvalue weighted by atomic mass is 35.5. The van der Waals surface area contributed by atoms with Crippen LogP contribution >= 0.6 is 11.6 Å². The minimum Gasteiger partial charge on any atom is -0.276 e. The molecule has 0 aliphatic heterocycles. The van der Waals surface area contributed by atoms with E-state index in [9.17, 15) is 4.79 Å². The predicted molar refractivity (Wildman–Crippen MR) is 69.0 cm³/mol. The van der Waals surface area contributed by atoms with Gasteiger partial charge in [0.05, 0.1) is 0 Å². The molecule has 0 amide bonds. The summed E-state index contributed by atoms with van der Waals surface area (Å²) in [5.41, 5.74) is 2.30. The van der Waals surface area contributed by atoms with Crippen molar-refractivity contribution in [3.05, 3.63) is 71.3 Å². The van der Waals surface area contributed by atoms with E-state index in [-0.39, 0.29) is 0 Å². The van der Waals surface area contributed by atoms with Crippen molar-refractivity contribution in [1.82, 2.24) is 0 Å². The number of rotatable bonds is 1. The van der Waals surface area contributed by atoms with E-state index in [0.29, 0.717) is 5.56 Å². The molecule has 17 heavy (non-hydrogen) atoms. The van der Waals surface area contributed by atoms with Gasteiger partial charge in [0.1, 0.15) is 0 Å². The van der Waals surface area contributed by atoms with Crippen LogP contribution in [0, 0.1) is 11.8 Å². The molecule has 0 fully saturated rings. The van der Waals surface area contributed by atoms with Gasteiger partial charge in [0.25, 0.3) is 5.24 Å². The van der Waals surface area contributed by atoms with Gasteiger partial charge in [-0.05, 0) is 48.0 Å². The lowest BCUT2D eigenvalue weighted by Gasteiger charge is -1.93. The van der Waals surface area contributed by atoms with Crippen molar-refractivity contribution in [2.75, 3.05) is 0 Å². The van der Waals surface area contributed by atoms with Crippen LogP contribution in [0.25, 0.3) is 0 Å². The summed E-state index contributed by atoms with van der Waals surface area (Å²) in [6, 6.07) is 16.6. The van der Waals surface area contributed by atoms with E-state index in [0.717, 1.165) is 11.1 Å². The summed E-state index contributed by atoms with van der Waals surface area (Å²) in [5.74, 6) is 6.06. The molecule has 1 nitrogen and oxygen atoms in total. The van der Waals surface area contributed by atoms with Crippen LogP contribution in [-0.2, 0) is 0 Å². The molecule has 0 atom stereocenters. The number of carbonyl (C=O) groups is 1. The van der Waals surface area contributed by atoms with Crippen LogP contribution < -0.4 is 0 Å². The molecule has 0 bridgehead atoms. The quantitative estimate of drug-likeness (QED) is 0.551. The maximum atomic E-state index is 10.9. The zero-order valence-corrected chi connectivity index (χ0v) is 9.74. The summed E-state index contributed by atoms with van der Waals surface area (Å²) >= 11 is 5.35. The second-order valence-electron chi connectivity index (χ2n) is 3.47. The third-order valence-electron chi connectivity index (χ3n) is 2.24. The van der Waals surface area contributed by atoms with Crippen molar-refractivity contribution < 1.29 is 4.79 Å². The van der Waals surface area contributed by atoms with Crippen molar-refractivity contribution >= 4 is 16.8 Å². The van der Waals surface area contributed by atoms with Crippen LogP contribution in [-0.4, -0.2) is 5.24 Å². The fourth-order valence-electron chi connectivity index (χ4n) is 1.35. The van der Waals surface area contributed by atoms with E-state index in [4.69, 9.17) is 11.6 Å². The molecule has 0 heterocycles. The summed E-state index contributed by atoms with van der Waals surface area (Å²) in [6.07, 6.45) is 0. The summed E-state index contributed by atoms with van der Waals surface area (Å²) in [6.45, 7) is 0. The van der Waals surface area contributed by atoms with Gasteiger partial charge < -0.3 is 0 Å². The van der Waals surface area contributed by atoms with Crippen LogP contribution in [0.4, 0.5) is 0 Å². The Morgan fingerprint density at radius 3 is 1.88 bits per heavy atom. The molecule has 0 aliphatic carbocycles. The van der Waals surface area contributed by atoms with Crippen LogP contribution in [0.2, 0.25) is 0 Å². The van der Waals surface area contributed by atoms with E-state index < -0.39 is 5.24 Å². The number of carbonyl (C=O) groups excluding carboxylic acids is 1. The minimum absolute atomic E-state index is 0.451. The Morgan fingerprint density at radius 2 is 1.35 bits per heavy atom. The summed E-state index contributed by atoms with van der Waals surface area (Å²) in [5, 5.41) is -0.451. The molecule has 0 unspecified atom stereocenters. The Balaban J connectivity index is 2.20. The summed E-state index contributed by atoms with van der Waals surface area (Å²) in [7, 11) is 0. The van der Waals surface area contributed by atoms with Gasteiger partial charge in [0.15, 0.2) is 0 Å². The molecule has 2 heteroatoms. The highest BCUT2D eigenvalue weighted by Crippen LogP contribution is 2.06. The van der Waals surface area contributed by atoms with Gasteiger partial charge in [0.2, 0.25) is 0 Å². The van der Waals surface area contributed by atoms with Gasteiger partial charge in [-0.1, -0.05) is 30.0 Å². The van der Waals surface area contributed by atoms with Crippen molar-refractivity contribution in [1.29, 1.82) is 0 Å². The monoisotopic (exact) mass is 240 g/mol. The maximum Gasteiger partial charge on any atom is 0.252 e. The summed E-state index contributed by atoms with van der Waals surface area (Å²) in [4.78, 5) is 10.9. The fraction of sp³-hybridized carbons (Fsp3) is 0. The van der Waals surface area contributed by atoms with Crippen molar-refractivity contribution in [2.45, 2.75) is 0 Å². The van der Waals surface area contributed by atoms with Crippen molar-refractivity contribution in [3.8, 4) is 11.8 Å². The van der Waals surface area contributed by atoms with Gasteiger partial charge in [-0.2, -0.15) is 0 Å². The van der Waals surface area contributed by atoms with Crippen LogP contribution in [0.1, 0.15) is 21.5 Å². The highest BCUT2D eigenvalue weighted by molar-refractivity contribution is 6.67. The van der Waals surface area contributed by atoms with E-state index in [1.54, 1.807) is 24.3 Å². The van der Waals surface area contributed by atoms with Crippen LogP contribution in [0.5, 0.6) is 0 Å². The number of benzene rings is 2. The number of hydrogen-bond donors (Lipinski definition) is 0. The topological polar surface area (TPSA) is 17.1 Å². The highest BCUT2D eigenvalue weighted by Gasteiger charge is 1.99. The molecular weight excluding hydrogens is 232 g/mol. The van der Waals surface area contributed by atoms with Crippen molar-refractivity contribution in [2.24, 2.45) is 0 Å². The lowest BCUT2D eigenvalue weighted by molar-refractivity contribution is 0.108. The van der Waals surface area contributed by atoms with Gasteiger partial charge >= 0.3 is 0 Å². The first-order chi connectivity index (χ1) is 8.25. The van der Waals surface area contributed by atoms with E-state index in [1.807, 2.05) is 30.3 Å². The Bertz CT molecular complexity index is 574. The van der Waals surface area contributed by atoms with E-state index in [2.05, 4.69) is 11.8 Å². The van der Waals surface area contributed by atoms with E-state index >= 15 is 0 Å². The van der Waals surface area contributed by atoms with Crippen molar-refractivity contribution in [3.63, 3.8) is 0 Å². The van der Waals surface area contributed by atoms with Gasteiger partial charge in [-0.25, -0.2) is 0 Å². The zero-order chi connectivity index (χ0) is 12.1. The minimum atomic E-state index is -0.451. The maximum absolute atomic E-state index is 10.9. The first-order valence-electron chi connectivity index (χ1n) is 5.13. The fourth-order valence-corrected chi connectivity index (χ4v) is 1.48. The van der Waals surface area contributed by atoms with Crippen LogP contribution in [0.3, 0.4) is 0 Å². The Kier molecular flexibility index (Phi) is 3.59. The molecule has 2 rings (SSSR count). The molecule has 2 aromatic carbocycles. The zero-order valence-electron chi connectivity index (χ0n) is 8.98. The molecule has 0 saturated heterocycles. The molecule has 0 radical (unpaired) electrons. The molecular formula is C15H9ClO. The molecule has 0 aliphatic rings. The van der Waals surface area contributed by atoms with Crippen LogP contribution in [0.15, 0.2) is 54.6 Å². The van der Waals surface area contributed by atoms with Gasteiger partial charge in [-0.3, -0.25) is 4.79 Å². The smallest absolute Gasteiger partial charge is 0.252 e. The lowest BCUT2D eigenvalue weighted by Crippen LogP contribution is -1.87. The molecule has 2 aromatic rings. The SMILES string of the molecule is O=C(Cl)c1ccc(C#Cc2ccccc2)cc1. The largest absolute Gasteiger partial charge is 0.276 e. The third kappa shape index (κ3) is 3.21.